The van der Waals surface area contributed by atoms with Crippen LogP contribution in [-0.4, -0.2) is 16.3 Å². The fourth-order valence-corrected chi connectivity index (χ4v) is 3.23. The van der Waals surface area contributed by atoms with E-state index < -0.39 is 17.3 Å². The van der Waals surface area contributed by atoms with Crippen molar-refractivity contribution in [2.45, 2.75) is 0 Å². The Hall–Kier alpha value is -3.13. The van der Waals surface area contributed by atoms with Crippen molar-refractivity contribution in [2.24, 2.45) is 4.99 Å². The minimum absolute atomic E-state index is 0.00619. The van der Waals surface area contributed by atoms with Crippen LogP contribution in [0.25, 0.3) is 21.2 Å². The highest BCUT2D eigenvalue weighted by Crippen LogP contribution is 2.31. The standard InChI is InChI=1S/C17H8F2N2O3S/c18-8-5-11(19)14-13(6-8)25-17(21-14)20-7-10-15(22)9-3-1-2-4-12(9)24-16(10)23/h1-7,22H/b20-7+. The average molecular weight is 358 g/mol. The molecule has 124 valence electrons. The van der Waals surface area contributed by atoms with Gasteiger partial charge in [-0.15, -0.1) is 0 Å². The van der Waals surface area contributed by atoms with Crippen LogP contribution in [0.2, 0.25) is 0 Å². The molecule has 0 aliphatic carbocycles. The first kappa shape index (κ1) is 15.4. The number of para-hydroxylation sites is 1. The van der Waals surface area contributed by atoms with Gasteiger partial charge in [0.1, 0.15) is 28.2 Å². The van der Waals surface area contributed by atoms with Crippen molar-refractivity contribution in [2.75, 3.05) is 0 Å². The van der Waals surface area contributed by atoms with Crippen molar-refractivity contribution in [3.63, 3.8) is 0 Å². The molecule has 1 N–H and O–H groups in total. The molecule has 0 radical (unpaired) electrons. The van der Waals surface area contributed by atoms with E-state index in [4.69, 9.17) is 4.42 Å². The first-order valence-electron chi connectivity index (χ1n) is 7.07. The smallest absolute Gasteiger partial charge is 0.348 e. The van der Waals surface area contributed by atoms with Crippen LogP contribution in [0.3, 0.4) is 0 Å². The summed E-state index contributed by atoms with van der Waals surface area (Å²) in [5.41, 5.74) is -0.670. The summed E-state index contributed by atoms with van der Waals surface area (Å²) in [6.45, 7) is 0. The first-order valence-corrected chi connectivity index (χ1v) is 7.89. The monoisotopic (exact) mass is 358 g/mol. The number of nitrogens with zero attached hydrogens (tertiary/aromatic N) is 2. The molecule has 25 heavy (non-hydrogen) atoms. The molecule has 0 atom stereocenters. The number of hydrogen-bond acceptors (Lipinski definition) is 6. The predicted molar refractivity (Wildman–Crippen MR) is 90.9 cm³/mol. The molecule has 2 heterocycles. The van der Waals surface area contributed by atoms with Crippen LogP contribution in [-0.2, 0) is 0 Å². The zero-order valence-corrected chi connectivity index (χ0v) is 13.2. The van der Waals surface area contributed by atoms with Crippen LogP contribution >= 0.6 is 11.3 Å². The second kappa shape index (κ2) is 5.75. The second-order valence-electron chi connectivity index (χ2n) is 5.14. The molecule has 2 aromatic carbocycles. The summed E-state index contributed by atoms with van der Waals surface area (Å²) in [5, 5.41) is 10.7. The number of aliphatic imine (C=N–C) groups is 1. The molecule has 0 aliphatic heterocycles. The Morgan fingerprint density at radius 2 is 2.04 bits per heavy atom. The summed E-state index contributed by atoms with van der Waals surface area (Å²) in [5.74, 6) is -1.77. The van der Waals surface area contributed by atoms with Gasteiger partial charge in [-0.2, -0.15) is 0 Å². The van der Waals surface area contributed by atoms with Gasteiger partial charge >= 0.3 is 5.63 Å². The Labute approximate surface area is 142 Å². The number of halogens is 2. The fourth-order valence-electron chi connectivity index (χ4n) is 2.38. The van der Waals surface area contributed by atoms with E-state index in [0.717, 1.165) is 29.7 Å². The molecule has 0 saturated carbocycles. The minimum atomic E-state index is -0.791. The quantitative estimate of drug-likeness (QED) is 0.432. The fraction of sp³-hybridized carbons (Fsp3) is 0. The number of benzene rings is 2. The van der Waals surface area contributed by atoms with Gasteiger partial charge in [-0.1, -0.05) is 23.5 Å². The highest BCUT2D eigenvalue weighted by molar-refractivity contribution is 7.22. The van der Waals surface area contributed by atoms with Crippen LogP contribution in [0.15, 0.2) is 50.6 Å². The van der Waals surface area contributed by atoms with E-state index >= 15 is 0 Å². The maximum Gasteiger partial charge on any atom is 0.348 e. The van der Waals surface area contributed by atoms with Gasteiger partial charge in [0.05, 0.1) is 10.1 Å². The Bertz CT molecular complexity index is 1210. The average Bonchev–Trinajstić information content (AvgIpc) is 2.98. The van der Waals surface area contributed by atoms with Crippen molar-refractivity contribution < 1.29 is 18.3 Å². The maximum absolute atomic E-state index is 13.7. The summed E-state index contributed by atoms with van der Waals surface area (Å²) in [6, 6.07) is 8.40. The zero-order valence-electron chi connectivity index (χ0n) is 12.4. The molecule has 5 nitrogen and oxygen atoms in total. The predicted octanol–water partition coefficient (Wildman–Crippen LogP) is 4.14. The summed E-state index contributed by atoms with van der Waals surface area (Å²) in [6.07, 6.45) is 1.10. The topological polar surface area (TPSA) is 75.7 Å². The van der Waals surface area contributed by atoms with E-state index in [2.05, 4.69) is 9.98 Å². The van der Waals surface area contributed by atoms with Gasteiger partial charge in [0, 0.05) is 12.3 Å². The normalized spacial score (nSPS) is 11.8. The molecule has 0 bridgehead atoms. The van der Waals surface area contributed by atoms with Crippen LogP contribution in [0, 0.1) is 11.6 Å². The van der Waals surface area contributed by atoms with E-state index in [1.807, 2.05) is 0 Å². The van der Waals surface area contributed by atoms with Crippen LogP contribution in [0.4, 0.5) is 13.9 Å². The molecule has 0 fully saturated rings. The summed E-state index contributed by atoms with van der Waals surface area (Å²) in [4.78, 5) is 19.9. The van der Waals surface area contributed by atoms with Crippen molar-refractivity contribution in [3.8, 4) is 5.75 Å². The SMILES string of the molecule is O=c1oc2ccccc2c(O)c1/C=N/c1nc2c(F)cc(F)cc2s1. The third-order valence-corrected chi connectivity index (χ3v) is 4.44. The van der Waals surface area contributed by atoms with Crippen LogP contribution in [0.5, 0.6) is 5.75 Å². The number of rotatable bonds is 2. The number of fused-ring (bicyclic) bond motifs is 2. The van der Waals surface area contributed by atoms with E-state index in [1.54, 1.807) is 24.3 Å². The molecular formula is C17H8F2N2O3S. The molecule has 8 heteroatoms. The van der Waals surface area contributed by atoms with Gasteiger partial charge in [-0.25, -0.2) is 23.6 Å². The highest BCUT2D eigenvalue weighted by Gasteiger charge is 2.13. The van der Waals surface area contributed by atoms with Crippen LogP contribution in [0.1, 0.15) is 5.56 Å². The molecule has 0 unspecified atom stereocenters. The molecular weight excluding hydrogens is 350 g/mol. The zero-order chi connectivity index (χ0) is 17.6. The Morgan fingerprint density at radius 1 is 1.24 bits per heavy atom. The van der Waals surface area contributed by atoms with Crippen molar-refractivity contribution in [1.29, 1.82) is 0 Å². The lowest BCUT2D eigenvalue weighted by atomic mass is 10.1. The number of aromatic hydroxyl groups is 1. The Morgan fingerprint density at radius 3 is 2.88 bits per heavy atom. The van der Waals surface area contributed by atoms with Crippen molar-refractivity contribution in [3.05, 3.63) is 64.0 Å². The van der Waals surface area contributed by atoms with Gasteiger partial charge < -0.3 is 9.52 Å². The van der Waals surface area contributed by atoms with Gasteiger partial charge in [0.2, 0.25) is 5.13 Å². The summed E-state index contributed by atoms with van der Waals surface area (Å²) < 4.78 is 32.3. The summed E-state index contributed by atoms with van der Waals surface area (Å²) >= 11 is 0.957. The lowest BCUT2D eigenvalue weighted by Gasteiger charge is -2.01. The number of thiazole rings is 1. The largest absolute Gasteiger partial charge is 0.506 e. The maximum atomic E-state index is 13.7. The van der Waals surface area contributed by atoms with Crippen molar-refractivity contribution >= 4 is 43.9 Å². The third kappa shape index (κ3) is 2.66. The Kier molecular flexibility index (Phi) is 3.54. The summed E-state index contributed by atoms with van der Waals surface area (Å²) in [7, 11) is 0. The highest BCUT2D eigenvalue weighted by atomic mass is 32.1. The van der Waals surface area contributed by atoms with E-state index in [-0.39, 0.29) is 27.5 Å². The molecule has 4 rings (SSSR count). The number of hydrogen-bond donors (Lipinski definition) is 1. The van der Waals surface area contributed by atoms with E-state index in [0.29, 0.717) is 10.1 Å². The lowest BCUT2D eigenvalue weighted by molar-refractivity contribution is 0.466. The number of aromatic nitrogens is 1. The van der Waals surface area contributed by atoms with Crippen LogP contribution < -0.4 is 5.63 Å². The van der Waals surface area contributed by atoms with Gasteiger partial charge in [0.15, 0.2) is 5.82 Å². The molecule has 4 aromatic rings. The second-order valence-corrected chi connectivity index (χ2v) is 6.15. The van der Waals surface area contributed by atoms with Gasteiger partial charge in [-0.3, -0.25) is 0 Å². The van der Waals surface area contributed by atoms with E-state index in [1.165, 1.54) is 0 Å². The Balaban J connectivity index is 1.81. The molecule has 0 spiro atoms. The molecule has 0 aliphatic rings. The third-order valence-electron chi connectivity index (χ3n) is 3.53. The van der Waals surface area contributed by atoms with E-state index in [9.17, 15) is 18.7 Å². The molecule has 0 saturated heterocycles. The van der Waals surface area contributed by atoms with Gasteiger partial charge in [0.25, 0.3) is 0 Å². The lowest BCUT2D eigenvalue weighted by Crippen LogP contribution is -2.06. The molecule has 2 aromatic heterocycles. The van der Waals surface area contributed by atoms with Crippen molar-refractivity contribution in [1.82, 2.24) is 4.98 Å². The minimum Gasteiger partial charge on any atom is -0.506 e. The van der Waals surface area contributed by atoms with Gasteiger partial charge in [-0.05, 0) is 18.2 Å². The molecule has 0 amide bonds. The first-order chi connectivity index (χ1) is 12.0.